The molecule has 0 radical (unpaired) electrons. The maximum absolute atomic E-state index is 13.2. The quantitative estimate of drug-likeness (QED) is 0.236. The Balaban J connectivity index is 1.51. The number of H-pyrrole nitrogens is 1. The number of hydrogen-bond donors (Lipinski definition) is 2. The van der Waals surface area contributed by atoms with E-state index in [-0.39, 0.29) is 22.4 Å². The Morgan fingerprint density at radius 3 is 2.44 bits per heavy atom. The molecular weight excluding hydrogens is 434 g/mol. The van der Waals surface area contributed by atoms with E-state index in [4.69, 9.17) is 0 Å². The van der Waals surface area contributed by atoms with E-state index in [1.807, 2.05) is 24.3 Å². The first-order valence-corrected chi connectivity index (χ1v) is 10.7. The van der Waals surface area contributed by atoms with Crippen LogP contribution in [0.3, 0.4) is 0 Å². The smallest absolute Gasteiger partial charge is 0.293 e. The molecule has 0 atom stereocenters. The summed E-state index contributed by atoms with van der Waals surface area (Å²) in [6.07, 6.45) is 0.495. The summed E-state index contributed by atoms with van der Waals surface area (Å²) in [4.78, 5) is 46.3. The van der Waals surface area contributed by atoms with Gasteiger partial charge >= 0.3 is 0 Å². The number of benzene rings is 3. The standard InChI is InChI=1S/C25H23N5O4/c1-29(2)21-12-11-16(15-22(21)30(33)34)24(31)17-7-3-4-8-18(17)25(32)26-14-13-23-27-19-9-5-6-10-20(19)28-23/h3-12,15H,13-14H2,1-2H3,(H,26,32)(H,27,28). The number of nitro benzene ring substituents is 1. The predicted molar refractivity (Wildman–Crippen MR) is 129 cm³/mol. The first kappa shape index (κ1) is 22.7. The van der Waals surface area contributed by atoms with Crippen LogP contribution >= 0.6 is 0 Å². The second-order valence-corrected chi connectivity index (χ2v) is 7.94. The molecule has 34 heavy (non-hydrogen) atoms. The number of ketones is 1. The first-order valence-electron chi connectivity index (χ1n) is 10.7. The molecular formula is C25H23N5O4. The number of nitrogens with one attached hydrogen (secondary N) is 2. The Kier molecular flexibility index (Phi) is 6.35. The summed E-state index contributed by atoms with van der Waals surface area (Å²) in [6, 6.07) is 18.4. The highest BCUT2D eigenvalue weighted by Gasteiger charge is 2.22. The van der Waals surface area contributed by atoms with E-state index in [1.165, 1.54) is 18.2 Å². The van der Waals surface area contributed by atoms with Crippen LogP contribution in [-0.4, -0.2) is 47.2 Å². The molecule has 4 rings (SSSR count). The van der Waals surface area contributed by atoms with Crippen molar-refractivity contribution >= 4 is 34.1 Å². The lowest BCUT2D eigenvalue weighted by Gasteiger charge is -2.14. The van der Waals surface area contributed by atoms with Crippen molar-refractivity contribution in [1.82, 2.24) is 15.3 Å². The molecule has 0 fully saturated rings. The summed E-state index contributed by atoms with van der Waals surface area (Å²) in [6.45, 7) is 0.324. The van der Waals surface area contributed by atoms with Gasteiger partial charge in [-0.25, -0.2) is 4.98 Å². The number of fused-ring (bicyclic) bond motifs is 1. The number of para-hydroxylation sites is 2. The van der Waals surface area contributed by atoms with Gasteiger partial charge in [0.25, 0.3) is 11.6 Å². The number of nitro groups is 1. The SMILES string of the molecule is CN(C)c1ccc(C(=O)c2ccccc2C(=O)NCCc2nc3ccccc3[nH]2)cc1[N+](=O)[O-]. The van der Waals surface area contributed by atoms with Gasteiger partial charge in [0.05, 0.1) is 21.5 Å². The van der Waals surface area contributed by atoms with Gasteiger partial charge in [0.2, 0.25) is 0 Å². The molecule has 0 aliphatic rings. The third-order valence-electron chi connectivity index (χ3n) is 5.42. The van der Waals surface area contributed by atoms with Gasteiger partial charge in [0, 0.05) is 44.3 Å². The van der Waals surface area contributed by atoms with Gasteiger partial charge in [0.1, 0.15) is 11.5 Å². The number of nitrogens with zero attached hydrogens (tertiary/aromatic N) is 3. The normalized spacial score (nSPS) is 10.8. The van der Waals surface area contributed by atoms with Crippen molar-refractivity contribution in [2.45, 2.75) is 6.42 Å². The van der Waals surface area contributed by atoms with Crippen molar-refractivity contribution < 1.29 is 14.5 Å². The number of carbonyl (C=O) groups is 2. The minimum absolute atomic E-state index is 0.139. The summed E-state index contributed by atoms with van der Waals surface area (Å²) in [5.74, 6) is -0.116. The van der Waals surface area contributed by atoms with Gasteiger partial charge in [-0.2, -0.15) is 0 Å². The molecule has 172 valence electrons. The summed E-state index contributed by atoms with van der Waals surface area (Å²) in [7, 11) is 3.38. The van der Waals surface area contributed by atoms with Crippen molar-refractivity contribution in [3.05, 3.63) is 99.4 Å². The maximum Gasteiger partial charge on any atom is 0.293 e. The van der Waals surface area contributed by atoms with Gasteiger partial charge in [-0.1, -0.05) is 30.3 Å². The Morgan fingerprint density at radius 2 is 1.74 bits per heavy atom. The Bertz CT molecular complexity index is 1360. The third kappa shape index (κ3) is 4.63. The van der Waals surface area contributed by atoms with Gasteiger partial charge < -0.3 is 15.2 Å². The van der Waals surface area contributed by atoms with Crippen LogP contribution in [0.2, 0.25) is 0 Å². The Hall–Kier alpha value is -4.53. The molecule has 2 N–H and O–H groups in total. The van der Waals surface area contributed by atoms with Crippen LogP contribution in [0.1, 0.15) is 32.1 Å². The molecule has 3 aromatic carbocycles. The average Bonchev–Trinajstić information content (AvgIpc) is 3.26. The highest BCUT2D eigenvalue weighted by Crippen LogP contribution is 2.29. The van der Waals surface area contributed by atoms with Gasteiger partial charge in [-0.15, -0.1) is 0 Å². The molecule has 0 unspecified atom stereocenters. The van der Waals surface area contributed by atoms with E-state index in [0.29, 0.717) is 18.7 Å². The van der Waals surface area contributed by atoms with E-state index in [2.05, 4.69) is 15.3 Å². The number of amides is 1. The molecule has 0 aliphatic heterocycles. The molecule has 1 heterocycles. The fourth-order valence-electron chi connectivity index (χ4n) is 3.74. The van der Waals surface area contributed by atoms with E-state index in [0.717, 1.165) is 16.9 Å². The molecule has 4 aromatic rings. The fourth-order valence-corrected chi connectivity index (χ4v) is 3.74. The van der Waals surface area contributed by atoms with Crippen LogP contribution in [0.4, 0.5) is 11.4 Å². The molecule has 9 heteroatoms. The molecule has 9 nitrogen and oxygen atoms in total. The number of carbonyl (C=O) groups excluding carboxylic acids is 2. The second-order valence-electron chi connectivity index (χ2n) is 7.94. The fraction of sp³-hybridized carbons (Fsp3) is 0.160. The number of imidazole rings is 1. The first-order chi connectivity index (χ1) is 16.3. The van der Waals surface area contributed by atoms with Crippen molar-refractivity contribution in [3.63, 3.8) is 0 Å². The summed E-state index contributed by atoms with van der Waals surface area (Å²) in [5.41, 5.74) is 2.51. The van der Waals surface area contributed by atoms with Crippen molar-refractivity contribution in [3.8, 4) is 0 Å². The highest BCUT2D eigenvalue weighted by molar-refractivity contribution is 6.15. The maximum atomic E-state index is 13.2. The van der Waals surface area contributed by atoms with Crippen LogP contribution in [-0.2, 0) is 6.42 Å². The number of anilines is 1. The lowest BCUT2D eigenvalue weighted by Crippen LogP contribution is -2.27. The zero-order valence-corrected chi connectivity index (χ0v) is 18.7. The van der Waals surface area contributed by atoms with Crippen molar-refractivity contribution in [2.75, 3.05) is 25.5 Å². The summed E-state index contributed by atoms with van der Waals surface area (Å²) in [5, 5.41) is 14.3. The molecule has 1 amide bonds. The van der Waals surface area contributed by atoms with Crippen LogP contribution in [0.15, 0.2) is 66.7 Å². The van der Waals surface area contributed by atoms with E-state index < -0.39 is 16.6 Å². The zero-order valence-electron chi connectivity index (χ0n) is 18.7. The van der Waals surface area contributed by atoms with E-state index in [1.54, 1.807) is 43.3 Å². The number of aromatic amines is 1. The molecule has 0 saturated heterocycles. The van der Waals surface area contributed by atoms with E-state index >= 15 is 0 Å². The number of aromatic nitrogens is 2. The topological polar surface area (TPSA) is 121 Å². The zero-order chi connectivity index (χ0) is 24.2. The summed E-state index contributed by atoms with van der Waals surface area (Å²) < 4.78 is 0. The Morgan fingerprint density at radius 1 is 1.03 bits per heavy atom. The largest absolute Gasteiger partial charge is 0.372 e. The summed E-state index contributed by atoms with van der Waals surface area (Å²) >= 11 is 0. The second kappa shape index (κ2) is 9.53. The monoisotopic (exact) mass is 457 g/mol. The van der Waals surface area contributed by atoms with Gasteiger partial charge in [-0.05, 0) is 30.3 Å². The predicted octanol–water partition coefficient (Wildman–Crippen LogP) is 3.74. The van der Waals surface area contributed by atoms with Crippen LogP contribution in [0, 0.1) is 10.1 Å². The molecule has 0 saturated carbocycles. The van der Waals surface area contributed by atoms with Crippen LogP contribution < -0.4 is 10.2 Å². The third-order valence-corrected chi connectivity index (χ3v) is 5.42. The Labute approximate surface area is 195 Å². The molecule has 0 bridgehead atoms. The highest BCUT2D eigenvalue weighted by atomic mass is 16.6. The number of hydrogen-bond acceptors (Lipinski definition) is 6. The van der Waals surface area contributed by atoms with Crippen LogP contribution in [0.5, 0.6) is 0 Å². The van der Waals surface area contributed by atoms with Crippen LogP contribution in [0.25, 0.3) is 11.0 Å². The molecule has 1 aromatic heterocycles. The van der Waals surface area contributed by atoms with Gasteiger partial charge in [0.15, 0.2) is 5.78 Å². The molecule has 0 spiro atoms. The van der Waals surface area contributed by atoms with Crippen molar-refractivity contribution in [2.24, 2.45) is 0 Å². The average molecular weight is 457 g/mol. The lowest BCUT2D eigenvalue weighted by atomic mass is 9.97. The van der Waals surface area contributed by atoms with E-state index in [9.17, 15) is 19.7 Å². The minimum Gasteiger partial charge on any atom is -0.372 e. The minimum atomic E-state index is -0.525. The molecule has 0 aliphatic carbocycles. The van der Waals surface area contributed by atoms with Gasteiger partial charge in [-0.3, -0.25) is 19.7 Å². The lowest BCUT2D eigenvalue weighted by molar-refractivity contribution is -0.384. The van der Waals surface area contributed by atoms with Crippen molar-refractivity contribution in [1.29, 1.82) is 0 Å². The number of rotatable bonds is 8.